The fourth-order valence-corrected chi connectivity index (χ4v) is 2.82. The summed E-state index contributed by atoms with van der Waals surface area (Å²) in [5.41, 5.74) is 1.03. The van der Waals surface area contributed by atoms with Crippen LogP contribution in [0.3, 0.4) is 0 Å². The number of nitrogens with zero attached hydrogens (tertiary/aromatic N) is 1. The molecule has 0 saturated carbocycles. The van der Waals surface area contributed by atoms with Crippen LogP contribution in [0.25, 0.3) is 0 Å². The molecular weight excluding hydrogens is 280 g/mol. The number of ether oxygens (including phenoxy) is 1. The average Bonchev–Trinajstić information content (AvgIpc) is 2.54. The van der Waals surface area contributed by atoms with Gasteiger partial charge >= 0.3 is 0 Å². The van der Waals surface area contributed by atoms with E-state index in [0.717, 1.165) is 37.2 Å². The summed E-state index contributed by atoms with van der Waals surface area (Å²) in [4.78, 5) is 14.2. The molecule has 0 bridgehead atoms. The normalized spacial score (nSPS) is 18.9. The third-order valence-electron chi connectivity index (χ3n) is 3.93. The maximum Gasteiger partial charge on any atom is 0.234 e. The van der Waals surface area contributed by atoms with Crippen LogP contribution in [-0.2, 0) is 11.3 Å². The van der Waals surface area contributed by atoms with Crippen molar-refractivity contribution in [2.75, 3.05) is 32.8 Å². The van der Waals surface area contributed by atoms with Crippen LogP contribution in [0, 0.1) is 5.92 Å². The molecule has 1 aliphatic heterocycles. The SMILES string of the molecule is CCOc1cccc(CNC(=O)CN2CCCC(CO)C2)c1. The molecule has 0 aliphatic carbocycles. The number of carbonyl (C=O) groups is 1. The zero-order chi connectivity index (χ0) is 15.8. The zero-order valence-electron chi connectivity index (χ0n) is 13.3. The Balaban J connectivity index is 1.76. The summed E-state index contributed by atoms with van der Waals surface area (Å²) >= 11 is 0. The van der Waals surface area contributed by atoms with Gasteiger partial charge in [-0.05, 0) is 49.9 Å². The van der Waals surface area contributed by atoms with Gasteiger partial charge < -0.3 is 15.2 Å². The van der Waals surface area contributed by atoms with Gasteiger partial charge in [-0.15, -0.1) is 0 Å². The Hall–Kier alpha value is -1.59. The molecule has 1 saturated heterocycles. The van der Waals surface area contributed by atoms with Gasteiger partial charge in [0, 0.05) is 19.7 Å². The molecule has 1 amide bonds. The van der Waals surface area contributed by atoms with Crippen molar-refractivity contribution >= 4 is 5.91 Å². The molecule has 1 unspecified atom stereocenters. The second-order valence-corrected chi connectivity index (χ2v) is 5.78. The monoisotopic (exact) mass is 306 g/mol. The average molecular weight is 306 g/mol. The molecule has 122 valence electrons. The van der Waals surface area contributed by atoms with Crippen molar-refractivity contribution in [2.24, 2.45) is 5.92 Å². The molecule has 1 fully saturated rings. The summed E-state index contributed by atoms with van der Waals surface area (Å²) in [7, 11) is 0. The first-order valence-electron chi connectivity index (χ1n) is 8.03. The molecule has 1 atom stereocenters. The van der Waals surface area contributed by atoms with E-state index in [0.29, 0.717) is 25.6 Å². The van der Waals surface area contributed by atoms with Crippen molar-refractivity contribution in [3.63, 3.8) is 0 Å². The summed E-state index contributed by atoms with van der Waals surface area (Å²) < 4.78 is 5.45. The van der Waals surface area contributed by atoms with E-state index in [1.807, 2.05) is 31.2 Å². The van der Waals surface area contributed by atoms with Crippen LogP contribution in [0.1, 0.15) is 25.3 Å². The molecule has 0 radical (unpaired) electrons. The van der Waals surface area contributed by atoms with Crippen LogP contribution in [0.5, 0.6) is 5.75 Å². The second kappa shape index (κ2) is 8.76. The number of carbonyl (C=O) groups excluding carboxylic acids is 1. The van der Waals surface area contributed by atoms with E-state index < -0.39 is 0 Å². The third kappa shape index (κ3) is 5.31. The Labute approximate surface area is 132 Å². The molecule has 2 N–H and O–H groups in total. The minimum absolute atomic E-state index is 0.0282. The van der Waals surface area contributed by atoms with Crippen LogP contribution in [0.15, 0.2) is 24.3 Å². The predicted octanol–water partition coefficient (Wildman–Crippen LogP) is 1.41. The molecule has 5 nitrogen and oxygen atoms in total. The number of hydrogen-bond donors (Lipinski definition) is 2. The van der Waals surface area contributed by atoms with Crippen molar-refractivity contribution in [1.29, 1.82) is 0 Å². The Morgan fingerprint density at radius 2 is 2.36 bits per heavy atom. The molecule has 1 heterocycles. The van der Waals surface area contributed by atoms with Crippen molar-refractivity contribution < 1.29 is 14.6 Å². The molecular formula is C17H26N2O3. The van der Waals surface area contributed by atoms with Crippen LogP contribution in [0.4, 0.5) is 0 Å². The minimum Gasteiger partial charge on any atom is -0.494 e. The number of nitrogens with one attached hydrogen (secondary N) is 1. The standard InChI is InChI=1S/C17H26N2O3/c1-2-22-16-7-3-5-14(9-16)10-18-17(21)12-19-8-4-6-15(11-19)13-20/h3,5,7,9,15,20H,2,4,6,8,10-13H2,1H3,(H,18,21). The number of aliphatic hydroxyl groups is 1. The molecule has 0 spiro atoms. The number of piperidine rings is 1. The van der Waals surface area contributed by atoms with Crippen LogP contribution < -0.4 is 10.1 Å². The van der Waals surface area contributed by atoms with Gasteiger partial charge in [0.15, 0.2) is 0 Å². The number of hydrogen-bond acceptors (Lipinski definition) is 4. The molecule has 0 aromatic heterocycles. The third-order valence-corrected chi connectivity index (χ3v) is 3.93. The van der Waals surface area contributed by atoms with Gasteiger partial charge in [0.2, 0.25) is 5.91 Å². The van der Waals surface area contributed by atoms with E-state index >= 15 is 0 Å². The van der Waals surface area contributed by atoms with Crippen LogP contribution in [-0.4, -0.2) is 48.8 Å². The van der Waals surface area contributed by atoms with Gasteiger partial charge in [-0.1, -0.05) is 12.1 Å². The number of aliphatic hydroxyl groups excluding tert-OH is 1. The van der Waals surface area contributed by atoms with Crippen LogP contribution >= 0.6 is 0 Å². The van der Waals surface area contributed by atoms with Gasteiger partial charge in [-0.3, -0.25) is 9.69 Å². The van der Waals surface area contributed by atoms with E-state index in [2.05, 4.69) is 10.2 Å². The fraction of sp³-hybridized carbons (Fsp3) is 0.588. The number of benzene rings is 1. The van der Waals surface area contributed by atoms with E-state index in [4.69, 9.17) is 4.74 Å². The Bertz CT molecular complexity index is 479. The smallest absolute Gasteiger partial charge is 0.234 e. The Kier molecular flexibility index (Phi) is 6.68. The maximum atomic E-state index is 12.0. The summed E-state index contributed by atoms with van der Waals surface area (Å²) in [6.07, 6.45) is 2.10. The first-order valence-corrected chi connectivity index (χ1v) is 8.03. The summed E-state index contributed by atoms with van der Waals surface area (Å²) in [5, 5.41) is 12.2. The van der Waals surface area contributed by atoms with Crippen molar-refractivity contribution in [1.82, 2.24) is 10.2 Å². The molecule has 5 heteroatoms. The number of amides is 1. The molecule has 1 aliphatic rings. The predicted molar refractivity (Wildman–Crippen MR) is 85.7 cm³/mol. The lowest BCUT2D eigenvalue weighted by Gasteiger charge is -2.31. The highest BCUT2D eigenvalue weighted by Crippen LogP contribution is 2.15. The number of likely N-dealkylation sites (tertiary alicyclic amines) is 1. The van der Waals surface area contributed by atoms with E-state index in [-0.39, 0.29) is 12.5 Å². The molecule has 1 aromatic rings. The van der Waals surface area contributed by atoms with Crippen LogP contribution in [0.2, 0.25) is 0 Å². The summed E-state index contributed by atoms with van der Waals surface area (Å²) in [6.45, 7) is 5.46. The van der Waals surface area contributed by atoms with E-state index in [1.165, 1.54) is 0 Å². The van der Waals surface area contributed by atoms with Crippen molar-refractivity contribution in [3.05, 3.63) is 29.8 Å². The topological polar surface area (TPSA) is 61.8 Å². The van der Waals surface area contributed by atoms with E-state index in [9.17, 15) is 9.90 Å². The highest BCUT2D eigenvalue weighted by atomic mass is 16.5. The fourth-order valence-electron chi connectivity index (χ4n) is 2.82. The van der Waals surface area contributed by atoms with E-state index in [1.54, 1.807) is 0 Å². The summed E-state index contributed by atoms with van der Waals surface area (Å²) in [5.74, 6) is 1.17. The Morgan fingerprint density at radius 3 is 3.14 bits per heavy atom. The maximum absolute atomic E-state index is 12.0. The molecule has 22 heavy (non-hydrogen) atoms. The lowest BCUT2D eigenvalue weighted by atomic mass is 9.99. The largest absolute Gasteiger partial charge is 0.494 e. The van der Waals surface area contributed by atoms with Gasteiger partial charge in [0.05, 0.1) is 13.2 Å². The quantitative estimate of drug-likeness (QED) is 0.799. The lowest BCUT2D eigenvalue weighted by molar-refractivity contribution is -0.122. The highest BCUT2D eigenvalue weighted by molar-refractivity contribution is 5.78. The number of rotatable bonds is 7. The van der Waals surface area contributed by atoms with Gasteiger partial charge in [-0.25, -0.2) is 0 Å². The second-order valence-electron chi connectivity index (χ2n) is 5.78. The first-order chi connectivity index (χ1) is 10.7. The molecule has 1 aromatic carbocycles. The lowest BCUT2D eigenvalue weighted by Crippen LogP contribution is -2.43. The summed E-state index contributed by atoms with van der Waals surface area (Å²) in [6, 6.07) is 7.78. The van der Waals surface area contributed by atoms with Crippen molar-refractivity contribution in [2.45, 2.75) is 26.3 Å². The zero-order valence-corrected chi connectivity index (χ0v) is 13.3. The van der Waals surface area contributed by atoms with Gasteiger partial charge in [-0.2, -0.15) is 0 Å². The molecule has 2 rings (SSSR count). The first kappa shape index (κ1) is 16.8. The minimum atomic E-state index is 0.0282. The van der Waals surface area contributed by atoms with Gasteiger partial charge in [0.25, 0.3) is 0 Å². The Morgan fingerprint density at radius 1 is 1.50 bits per heavy atom. The van der Waals surface area contributed by atoms with Crippen molar-refractivity contribution in [3.8, 4) is 5.75 Å². The highest BCUT2D eigenvalue weighted by Gasteiger charge is 2.20. The van der Waals surface area contributed by atoms with Gasteiger partial charge in [0.1, 0.15) is 5.75 Å².